The van der Waals surface area contributed by atoms with Crippen LogP contribution in [0.25, 0.3) is 5.69 Å². The first-order chi connectivity index (χ1) is 15.5. The van der Waals surface area contributed by atoms with E-state index in [1.807, 2.05) is 47.0 Å². The molecule has 2 heterocycles. The minimum absolute atomic E-state index is 0.213. The first kappa shape index (κ1) is 21.0. The summed E-state index contributed by atoms with van der Waals surface area (Å²) in [6.07, 6.45) is 1.81. The van der Waals surface area contributed by atoms with Gasteiger partial charge in [-0.05, 0) is 37.1 Å². The topological polar surface area (TPSA) is 109 Å². The highest BCUT2D eigenvalue weighted by atomic mass is 16.5. The van der Waals surface area contributed by atoms with E-state index in [9.17, 15) is 4.79 Å². The van der Waals surface area contributed by atoms with Gasteiger partial charge in [0.25, 0.3) is 0 Å². The standard InChI is InChI=1S/C24H23N5O3/c1-3-32-24(30)23-22-14-20(18(25)11-9-16-7-5-4-6-8-16)29(26)21-13-17(31-2)10-12-19(21)28(22)15-27-23/h4-8,10,12-13,15H,3,14,25-26H2,1-2H3/b20-18-. The van der Waals surface area contributed by atoms with Crippen LogP contribution in [0.3, 0.4) is 0 Å². The van der Waals surface area contributed by atoms with Crippen LogP contribution in [-0.2, 0) is 11.2 Å². The highest BCUT2D eigenvalue weighted by Gasteiger charge is 2.29. The molecule has 1 aliphatic heterocycles. The lowest BCUT2D eigenvalue weighted by Crippen LogP contribution is -2.33. The Hall–Kier alpha value is -4.22. The van der Waals surface area contributed by atoms with Gasteiger partial charge in [0.05, 0.1) is 36.5 Å². The Morgan fingerprint density at radius 1 is 1.19 bits per heavy atom. The fourth-order valence-electron chi connectivity index (χ4n) is 3.49. The maximum Gasteiger partial charge on any atom is 0.358 e. The van der Waals surface area contributed by atoms with Gasteiger partial charge in [0.2, 0.25) is 0 Å². The Bertz CT molecular complexity index is 1250. The van der Waals surface area contributed by atoms with Crippen LogP contribution < -0.4 is 21.3 Å². The summed E-state index contributed by atoms with van der Waals surface area (Å²) in [6, 6.07) is 15.0. The van der Waals surface area contributed by atoms with Gasteiger partial charge in [-0.3, -0.25) is 9.58 Å². The summed E-state index contributed by atoms with van der Waals surface area (Å²) in [5.74, 6) is 12.7. The molecule has 0 atom stereocenters. The van der Waals surface area contributed by atoms with Crippen molar-refractivity contribution in [3.63, 3.8) is 0 Å². The summed E-state index contributed by atoms with van der Waals surface area (Å²) >= 11 is 0. The molecule has 0 amide bonds. The number of hydrogen-bond donors (Lipinski definition) is 2. The zero-order valence-electron chi connectivity index (χ0n) is 17.8. The number of nitrogens with zero attached hydrogens (tertiary/aromatic N) is 3. The Labute approximate surface area is 186 Å². The van der Waals surface area contributed by atoms with Crippen LogP contribution in [0.15, 0.2) is 66.3 Å². The third-order valence-corrected chi connectivity index (χ3v) is 5.09. The highest BCUT2D eigenvalue weighted by molar-refractivity contribution is 5.89. The minimum atomic E-state index is -0.505. The number of fused-ring (bicyclic) bond motifs is 3. The van der Waals surface area contributed by atoms with E-state index in [-0.39, 0.29) is 24.4 Å². The predicted octanol–water partition coefficient (Wildman–Crippen LogP) is 2.52. The molecule has 0 saturated heterocycles. The molecule has 0 saturated carbocycles. The largest absolute Gasteiger partial charge is 0.497 e. The maximum absolute atomic E-state index is 12.5. The van der Waals surface area contributed by atoms with Gasteiger partial charge in [0.15, 0.2) is 5.69 Å². The zero-order chi connectivity index (χ0) is 22.7. The normalized spacial score (nSPS) is 13.8. The summed E-state index contributed by atoms with van der Waals surface area (Å²) in [5.41, 5.74) is 10.2. The van der Waals surface area contributed by atoms with E-state index in [1.54, 1.807) is 26.4 Å². The second-order valence-corrected chi connectivity index (χ2v) is 7.01. The summed E-state index contributed by atoms with van der Waals surface area (Å²) in [4.78, 5) is 16.8. The number of nitrogens with two attached hydrogens (primary N) is 2. The minimum Gasteiger partial charge on any atom is -0.497 e. The van der Waals surface area contributed by atoms with Gasteiger partial charge < -0.3 is 15.2 Å². The van der Waals surface area contributed by atoms with Crippen molar-refractivity contribution in [2.45, 2.75) is 13.3 Å². The number of methoxy groups -OCH3 is 1. The van der Waals surface area contributed by atoms with Crippen molar-refractivity contribution >= 4 is 11.7 Å². The first-order valence-electron chi connectivity index (χ1n) is 10.1. The van der Waals surface area contributed by atoms with Gasteiger partial charge in [-0.2, -0.15) is 0 Å². The van der Waals surface area contributed by atoms with Crippen molar-refractivity contribution < 1.29 is 14.3 Å². The molecule has 0 spiro atoms. The molecule has 162 valence electrons. The molecule has 4 N–H and O–H groups in total. The second-order valence-electron chi connectivity index (χ2n) is 7.01. The molecule has 0 fully saturated rings. The fraction of sp³-hybridized carbons (Fsp3) is 0.167. The van der Waals surface area contributed by atoms with Gasteiger partial charge in [-0.25, -0.2) is 15.6 Å². The SMILES string of the molecule is CCOC(=O)c1ncn2c1C/C(=C(/N)C#Cc1ccccc1)N(N)c1cc(OC)ccc1-2. The summed E-state index contributed by atoms with van der Waals surface area (Å²) in [7, 11) is 1.58. The van der Waals surface area contributed by atoms with Crippen LogP contribution >= 0.6 is 0 Å². The number of ether oxygens (including phenoxy) is 2. The number of esters is 1. The fourth-order valence-corrected chi connectivity index (χ4v) is 3.49. The van der Waals surface area contributed by atoms with Crippen molar-refractivity contribution in [2.24, 2.45) is 11.6 Å². The average Bonchev–Trinajstić information content (AvgIpc) is 3.19. The Morgan fingerprint density at radius 2 is 1.97 bits per heavy atom. The Morgan fingerprint density at radius 3 is 2.69 bits per heavy atom. The summed E-state index contributed by atoms with van der Waals surface area (Å²) in [5, 5.41) is 1.48. The lowest BCUT2D eigenvalue weighted by Gasteiger charge is -2.22. The molecule has 1 aliphatic rings. The number of rotatable bonds is 3. The lowest BCUT2D eigenvalue weighted by atomic mass is 10.1. The van der Waals surface area contributed by atoms with E-state index in [2.05, 4.69) is 16.8 Å². The van der Waals surface area contributed by atoms with Crippen molar-refractivity contribution in [3.8, 4) is 23.3 Å². The van der Waals surface area contributed by atoms with Crippen LogP contribution in [0.1, 0.15) is 28.7 Å². The molecule has 2 aromatic carbocycles. The average molecular weight is 429 g/mol. The van der Waals surface area contributed by atoms with Gasteiger partial charge in [-0.15, -0.1) is 0 Å². The van der Waals surface area contributed by atoms with Crippen LogP contribution in [0, 0.1) is 11.8 Å². The van der Waals surface area contributed by atoms with Gasteiger partial charge in [-0.1, -0.05) is 24.1 Å². The lowest BCUT2D eigenvalue weighted by molar-refractivity contribution is 0.0519. The zero-order valence-corrected chi connectivity index (χ0v) is 17.8. The third kappa shape index (κ3) is 3.89. The third-order valence-electron chi connectivity index (χ3n) is 5.09. The quantitative estimate of drug-likeness (QED) is 0.374. The number of anilines is 1. The van der Waals surface area contributed by atoms with E-state index in [4.69, 9.17) is 21.1 Å². The van der Waals surface area contributed by atoms with Gasteiger partial charge in [0.1, 0.15) is 17.8 Å². The Balaban J connectivity index is 1.89. The smallest absolute Gasteiger partial charge is 0.358 e. The molecule has 0 radical (unpaired) electrons. The molecule has 8 nitrogen and oxygen atoms in total. The van der Waals surface area contributed by atoms with E-state index >= 15 is 0 Å². The van der Waals surface area contributed by atoms with Gasteiger partial charge in [0, 0.05) is 18.1 Å². The van der Waals surface area contributed by atoms with E-state index in [1.165, 1.54) is 5.01 Å². The number of carbonyl (C=O) groups is 1. The molecular formula is C24H23N5O3. The van der Waals surface area contributed by atoms with Crippen molar-refractivity contribution in [1.82, 2.24) is 9.55 Å². The van der Waals surface area contributed by atoms with Crippen molar-refractivity contribution in [1.29, 1.82) is 0 Å². The van der Waals surface area contributed by atoms with E-state index in [0.717, 1.165) is 11.3 Å². The monoisotopic (exact) mass is 429 g/mol. The van der Waals surface area contributed by atoms with Crippen LogP contribution in [0.4, 0.5) is 5.69 Å². The number of allylic oxidation sites excluding steroid dienone is 2. The first-order valence-corrected chi connectivity index (χ1v) is 10.1. The number of hydrazine groups is 1. The molecule has 32 heavy (non-hydrogen) atoms. The van der Waals surface area contributed by atoms with Crippen LogP contribution in [-0.4, -0.2) is 29.2 Å². The molecule has 0 bridgehead atoms. The van der Waals surface area contributed by atoms with Crippen LogP contribution in [0.2, 0.25) is 0 Å². The summed E-state index contributed by atoms with van der Waals surface area (Å²) < 4.78 is 12.4. The molecule has 0 unspecified atom stereocenters. The second kappa shape index (κ2) is 8.88. The predicted molar refractivity (Wildman–Crippen MR) is 121 cm³/mol. The van der Waals surface area contributed by atoms with Crippen LogP contribution in [0.5, 0.6) is 5.75 Å². The van der Waals surface area contributed by atoms with E-state index in [0.29, 0.717) is 22.8 Å². The number of imidazole rings is 1. The highest BCUT2D eigenvalue weighted by Crippen LogP contribution is 2.35. The molecule has 8 heteroatoms. The number of aromatic nitrogens is 2. The van der Waals surface area contributed by atoms with Crippen molar-refractivity contribution in [2.75, 3.05) is 18.7 Å². The maximum atomic E-state index is 12.5. The molecular weight excluding hydrogens is 406 g/mol. The van der Waals surface area contributed by atoms with Crippen molar-refractivity contribution in [3.05, 3.63) is 83.2 Å². The number of hydrogen-bond acceptors (Lipinski definition) is 7. The Kier molecular flexibility index (Phi) is 5.83. The van der Waals surface area contributed by atoms with E-state index < -0.39 is 5.97 Å². The molecule has 0 aliphatic carbocycles. The summed E-state index contributed by atoms with van der Waals surface area (Å²) in [6.45, 7) is 1.99. The van der Waals surface area contributed by atoms with Gasteiger partial charge >= 0.3 is 5.97 Å². The number of benzene rings is 2. The number of carbonyl (C=O) groups excluding carboxylic acids is 1. The molecule has 3 aromatic rings. The molecule has 4 rings (SSSR count). The molecule has 1 aromatic heterocycles.